The number of halogens is 4. The van der Waals surface area contributed by atoms with Crippen molar-refractivity contribution in [2.24, 2.45) is 0 Å². The largest absolute Gasteiger partial charge is 0.493 e. The summed E-state index contributed by atoms with van der Waals surface area (Å²) in [5.74, 6) is 0.561. The van der Waals surface area contributed by atoms with Crippen LogP contribution in [0.1, 0.15) is 30.4 Å². The van der Waals surface area contributed by atoms with Crippen LogP contribution in [0, 0.1) is 6.92 Å². The average Bonchev–Trinajstić information content (AvgIpc) is 3.11. The Balaban J connectivity index is 2.03. The maximum absolute atomic E-state index is 12.2. The molecule has 1 saturated carbocycles. The van der Waals surface area contributed by atoms with Gasteiger partial charge in [-0.15, -0.1) is 0 Å². The summed E-state index contributed by atoms with van der Waals surface area (Å²) in [5, 5.41) is 3.35. The molecule has 1 aromatic carbocycles. The van der Waals surface area contributed by atoms with E-state index >= 15 is 0 Å². The van der Waals surface area contributed by atoms with Gasteiger partial charge in [-0.3, -0.25) is 0 Å². The first-order valence-electron chi connectivity index (χ1n) is 6.57. The SMILES string of the molecule is Cc1cc(Br)cc(CNC2CC2)c1OCCC(F)(F)F. The van der Waals surface area contributed by atoms with Crippen molar-refractivity contribution >= 4 is 15.9 Å². The zero-order valence-corrected chi connectivity index (χ0v) is 12.8. The molecule has 6 heteroatoms. The molecule has 2 nitrogen and oxygen atoms in total. The van der Waals surface area contributed by atoms with Crippen molar-refractivity contribution < 1.29 is 17.9 Å². The van der Waals surface area contributed by atoms with E-state index in [4.69, 9.17) is 4.74 Å². The molecule has 0 spiro atoms. The van der Waals surface area contributed by atoms with E-state index in [1.54, 1.807) is 0 Å². The Morgan fingerprint density at radius 2 is 2.05 bits per heavy atom. The molecule has 0 aliphatic heterocycles. The number of hydrogen-bond donors (Lipinski definition) is 1. The second-order valence-corrected chi connectivity index (χ2v) is 6.00. The van der Waals surface area contributed by atoms with Gasteiger partial charge in [0.15, 0.2) is 0 Å². The summed E-state index contributed by atoms with van der Waals surface area (Å²) in [6.07, 6.45) is -2.79. The van der Waals surface area contributed by atoms with E-state index in [0.717, 1.165) is 28.4 Å². The fraction of sp³-hybridized carbons (Fsp3) is 0.571. The third-order valence-electron chi connectivity index (χ3n) is 3.11. The molecule has 0 radical (unpaired) electrons. The van der Waals surface area contributed by atoms with Gasteiger partial charge in [0.1, 0.15) is 5.75 Å². The predicted molar refractivity (Wildman–Crippen MR) is 74.9 cm³/mol. The molecule has 0 saturated heterocycles. The monoisotopic (exact) mass is 351 g/mol. The third kappa shape index (κ3) is 4.98. The van der Waals surface area contributed by atoms with Gasteiger partial charge in [0, 0.05) is 22.6 Å². The second-order valence-electron chi connectivity index (χ2n) is 5.08. The lowest BCUT2D eigenvalue weighted by Gasteiger charge is -2.16. The minimum absolute atomic E-state index is 0.345. The van der Waals surface area contributed by atoms with Crippen molar-refractivity contribution in [3.63, 3.8) is 0 Å². The number of nitrogens with one attached hydrogen (secondary N) is 1. The smallest absolute Gasteiger partial charge is 0.392 e. The molecule has 112 valence electrons. The van der Waals surface area contributed by atoms with Crippen molar-refractivity contribution in [2.75, 3.05) is 6.61 Å². The highest BCUT2D eigenvalue weighted by molar-refractivity contribution is 9.10. The zero-order valence-electron chi connectivity index (χ0n) is 11.2. The molecule has 1 N–H and O–H groups in total. The molecule has 1 aliphatic rings. The fourth-order valence-electron chi connectivity index (χ4n) is 1.95. The van der Waals surface area contributed by atoms with Crippen molar-refractivity contribution in [3.05, 3.63) is 27.7 Å². The van der Waals surface area contributed by atoms with Gasteiger partial charge in [0.05, 0.1) is 13.0 Å². The van der Waals surface area contributed by atoms with E-state index in [1.807, 2.05) is 19.1 Å². The highest BCUT2D eigenvalue weighted by Gasteiger charge is 2.27. The number of benzene rings is 1. The van der Waals surface area contributed by atoms with Crippen LogP contribution in [-0.4, -0.2) is 18.8 Å². The van der Waals surface area contributed by atoms with Crippen LogP contribution >= 0.6 is 15.9 Å². The maximum Gasteiger partial charge on any atom is 0.392 e. The Bertz CT molecular complexity index is 472. The summed E-state index contributed by atoms with van der Waals surface area (Å²) in [6, 6.07) is 4.28. The van der Waals surface area contributed by atoms with Crippen LogP contribution in [0.2, 0.25) is 0 Å². The van der Waals surface area contributed by atoms with Gasteiger partial charge in [-0.25, -0.2) is 0 Å². The van der Waals surface area contributed by atoms with Crippen molar-refractivity contribution in [1.29, 1.82) is 0 Å². The molecule has 0 bridgehead atoms. The number of rotatable bonds is 6. The first kappa shape index (κ1) is 15.6. The molecule has 1 aromatic rings. The van der Waals surface area contributed by atoms with Crippen LogP contribution in [0.4, 0.5) is 13.2 Å². The first-order valence-corrected chi connectivity index (χ1v) is 7.36. The Labute approximate surface area is 124 Å². The van der Waals surface area contributed by atoms with Crippen LogP contribution < -0.4 is 10.1 Å². The van der Waals surface area contributed by atoms with Crippen LogP contribution in [0.3, 0.4) is 0 Å². The second kappa shape index (κ2) is 6.35. The maximum atomic E-state index is 12.2. The Morgan fingerprint density at radius 1 is 1.35 bits per heavy atom. The summed E-state index contributed by atoms with van der Waals surface area (Å²) in [5.41, 5.74) is 1.74. The molecule has 20 heavy (non-hydrogen) atoms. The summed E-state index contributed by atoms with van der Waals surface area (Å²) in [7, 11) is 0. The first-order chi connectivity index (χ1) is 9.35. The van der Waals surface area contributed by atoms with Gasteiger partial charge in [0.2, 0.25) is 0 Å². The standard InChI is InChI=1S/C14H17BrF3NO/c1-9-6-11(15)7-10(8-19-12-2-3-12)13(9)20-5-4-14(16,17)18/h6-7,12,19H,2-5,8H2,1H3. The lowest BCUT2D eigenvalue weighted by molar-refractivity contribution is -0.139. The molecule has 0 unspecified atom stereocenters. The van der Waals surface area contributed by atoms with Crippen molar-refractivity contribution in [2.45, 2.75) is 44.9 Å². The fourth-order valence-corrected chi connectivity index (χ4v) is 2.57. The van der Waals surface area contributed by atoms with Gasteiger partial charge in [-0.2, -0.15) is 13.2 Å². The summed E-state index contributed by atoms with van der Waals surface area (Å²) < 4.78 is 42.8. The minimum atomic E-state index is -4.18. The topological polar surface area (TPSA) is 21.3 Å². The average molecular weight is 352 g/mol. The van der Waals surface area contributed by atoms with E-state index in [-0.39, 0.29) is 6.61 Å². The van der Waals surface area contributed by atoms with Crippen molar-refractivity contribution in [1.82, 2.24) is 5.32 Å². The van der Waals surface area contributed by atoms with E-state index in [1.165, 1.54) is 0 Å². The van der Waals surface area contributed by atoms with Gasteiger partial charge in [0.25, 0.3) is 0 Å². The molecule has 0 atom stereocenters. The molecule has 2 rings (SSSR count). The van der Waals surface area contributed by atoms with E-state index in [2.05, 4.69) is 21.2 Å². The zero-order chi connectivity index (χ0) is 14.8. The van der Waals surface area contributed by atoms with Gasteiger partial charge in [-0.05, 0) is 37.5 Å². The van der Waals surface area contributed by atoms with Gasteiger partial charge < -0.3 is 10.1 Å². The van der Waals surface area contributed by atoms with E-state index < -0.39 is 12.6 Å². The molecule has 1 fully saturated rings. The van der Waals surface area contributed by atoms with Gasteiger partial charge in [-0.1, -0.05) is 15.9 Å². The molecule has 0 aromatic heterocycles. The third-order valence-corrected chi connectivity index (χ3v) is 3.56. The number of aryl methyl sites for hydroxylation is 1. The quantitative estimate of drug-likeness (QED) is 0.822. The number of hydrogen-bond acceptors (Lipinski definition) is 2. The lowest BCUT2D eigenvalue weighted by atomic mass is 10.1. The molecule has 1 aliphatic carbocycles. The highest BCUT2D eigenvalue weighted by Crippen LogP contribution is 2.30. The van der Waals surface area contributed by atoms with E-state index in [9.17, 15) is 13.2 Å². The number of ether oxygens (including phenoxy) is 1. The summed E-state index contributed by atoms with van der Waals surface area (Å²) in [4.78, 5) is 0. The summed E-state index contributed by atoms with van der Waals surface area (Å²) >= 11 is 3.41. The predicted octanol–water partition coefficient (Wildman–Crippen LogP) is 4.34. The minimum Gasteiger partial charge on any atom is -0.493 e. The number of alkyl halides is 3. The molecular weight excluding hydrogens is 335 g/mol. The Hall–Kier alpha value is -0.750. The molecule has 0 heterocycles. The molecular formula is C14H17BrF3NO. The Morgan fingerprint density at radius 3 is 2.65 bits per heavy atom. The molecule has 0 amide bonds. The Kier molecular flexibility index (Phi) is 4.96. The summed E-state index contributed by atoms with van der Waals surface area (Å²) in [6.45, 7) is 2.11. The van der Waals surface area contributed by atoms with Crippen LogP contribution in [0.25, 0.3) is 0 Å². The van der Waals surface area contributed by atoms with Gasteiger partial charge >= 0.3 is 6.18 Å². The lowest BCUT2D eigenvalue weighted by Crippen LogP contribution is -2.18. The van der Waals surface area contributed by atoms with Crippen molar-refractivity contribution in [3.8, 4) is 5.75 Å². The van der Waals surface area contributed by atoms with Crippen LogP contribution in [0.15, 0.2) is 16.6 Å². The van der Waals surface area contributed by atoms with Crippen LogP contribution in [-0.2, 0) is 6.54 Å². The van der Waals surface area contributed by atoms with E-state index in [0.29, 0.717) is 18.3 Å². The van der Waals surface area contributed by atoms with Crippen LogP contribution in [0.5, 0.6) is 5.75 Å². The normalized spacial score (nSPS) is 15.4. The highest BCUT2D eigenvalue weighted by atomic mass is 79.9.